The number of carbonyl (C=O) groups excluding carboxylic acids is 1. The van der Waals surface area contributed by atoms with Gasteiger partial charge in [-0.1, -0.05) is 19.3 Å². The molecule has 0 radical (unpaired) electrons. The van der Waals surface area contributed by atoms with Gasteiger partial charge in [0.1, 0.15) is 4.21 Å². The minimum atomic E-state index is -3.46. The van der Waals surface area contributed by atoms with E-state index >= 15 is 0 Å². The average Bonchev–Trinajstić information content (AvgIpc) is 3.24. The highest BCUT2D eigenvalue weighted by Gasteiger charge is 2.32. The van der Waals surface area contributed by atoms with Gasteiger partial charge in [0.2, 0.25) is 5.91 Å². The molecule has 1 aromatic rings. The predicted octanol–water partition coefficient (Wildman–Crippen LogP) is 2.94. The topological polar surface area (TPSA) is 60.9 Å². The Labute approximate surface area is 178 Å². The van der Waals surface area contributed by atoms with E-state index in [1.165, 1.54) is 49.9 Å². The van der Waals surface area contributed by atoms with Crippen molar-refractivity contribution in [1.82, 2.24) is 14.1 Å². The first-order valence-electron chi connectivity index (χ1n) is 11.1. The number of thiophene rings is 1. The molecule has 1 aromatic heterocycles. The van der Waals surface area contributed by atoms with Crippen molar-refractivity contribution >= 4 is 27.3 Å². The van der Waals surface area contributed by atoms with Gasteiger partial charge in [0.15, 0.2) is 0 Å². The minimum Gasteiger partial charge on any atom is -0.342 e. The van der Waals surface area contributed by atoms with Gasteiger partial charge in [0.05, 0.1) is 6.42 Å². The molecule has 1 saturated carbocycles. The van der Waals surface area contributed by atoms with Gasteiger partial charge >= 0.3 is 0 Å². The maximum atomic E-state index is 13.1. The van der Waals surface area contributed by atoms with Crippen molar-refractivity contribution in [2.75, 3.05) is 39.3 Å². The van der Waals surface area contributed by atoms with Gasteiger partial charge in [0, 0.05) is 50.2 Å². The number of sulfonamides is 1. The number of amides is 1. The predicted molar refractivity (Wildman–Crippen MR) is 116 cm³/mol. The Bertz CT molecular complexity index is 788. The second-order valence-electron chi connectivity index (χ2n) is 8.57. The lowest BCUT2D eigenvalue weighted by Gasteiger charge is -2.40. The van der Waals surface area contributed by atoms with Crippen LogP contribution in [0.25, 0.3) is 0 Å². The van der Waals surface area contributed by atoms with E-state index in [1.807, 2.05) is 11.0 Å². The third-order valence-electron chi connectivity index (χ3n) is 6.63. The Hall–Kier alpha value is -0.960. The van der Waals surface area contributed by atoms with E-state index in [0.29, 0.717) is 29.8 Å². The maximum Gasteiger partial charge on any atom is 0.252 e. The van der Waals surface area contributed by atoms with Gasteiger partial charge in [-0.2, -0.15) is 4.31 Å². The molecule has 4 rings (SSSR count). The average molecular weight is 440 g/mol. The van der Waals surface area contributed by atoms with Gasteiger partial charge in [-0.25, -0.2) is 8.42 Å². The Morgan fingerprint density at radius 1 is 0.897 bits per heavy atom. The van der Waals surface area contributed by atoms with Crippen molar-refractivity contribution in [2.45, 2.75) is 68.0 Å². The highest BCUT2D eigenvalue weighted by Crippen LogP contribution is 2.28. The van der Waals surface area contributed by atoms with Crippen LogP contribution in [0.1, 0.15) is 56.2 Å². The summed E-state index contributed by atoms with van der Waals surface area (Å²) >= 11 is 1.26. The number of piperidine rings is 1. The van der Waals surface area contributed by atoms with E-state index in [2.05, 4.69) is 4.90 Å². The zero-order valence-corrected chi connectivity index (χ0v) is 18.9. The molecule has 0 spiro atoms. The van der Waals surface area contributed by atoms with Gasteiger partial charge < -0.3 is 4.90 Å². The molecular formula is C21H33N3O3S2. The van der Waals surface area contributed by atoms with E-state index < -0.39 is 10.0 Å². The molecule has 6 nitrogen and oxygen atoms in total. The van der Waals surface area contributed by atoms with Crippen molar-refractivity contribution in [3.05, 3.63) is 17.0 Å². The highest BCUT2D eigenvalue weighted by molar-refractivity contribution is 7.91. The zero-order valence-electron chi connectivity index (χ0n) is 17.2. The summed E-state index contributed by atoms with van der Waals surface area (Å²) < 4.78 is 28.2. The smallest absolute Gasteiger partial charge is 0.252 e. The molecule has 0 bridgehead atoms. The molecule has 3 fully saturated rings. The van der Waals surface area contributed by atoms with Crippen molar-refractivity contribution in [2.24, 2.45) is 0 Å². The Kier molecular flexibility index (Phi) is 6.94. The van der Waals surface area contributed by atoms with Gasteiger partial charge in [-0.3, -0.25) is 9.69 Å². The van der Waals surface area contributed by atoms with Gasteiger partial charge in [-0.15, -0.1) is 11.3 Å². The van der Waals surface area contributed by atoms with Crippen LogP contribution in [0.2, 0.25) is 0 Å². The summed E-state index contributed by atoms with van der Waals surface area (Å²) in [7, 11) is -3.46. The molecule has 29 heavy (non-hydrogen) atoms. The van der Waals surface area contributed by atoms with Crippen LogP contribution in [0.3, 0.4) is 0 Å². The monoisotopic (exact) mass is 439 g/mol. The fourth-order valence-electron chi connectivity index (χ4n) is 4.88. The van der Waals surface area contributed by atoms with E-state index in [4.69, 9.17) is 0 Å². The second-order valence-corrected chi connectivity index (χ2v) is 11.9. The van der Waals surface area contributed by atoms with Crippen LogP contribution in [-0.2, 0) is 21.2 Å². The van der Waals surface area contributed by atoms with Crippen LogP contribution < -0.4 is 0 Å². The molecule has 0 unspecified atom stereocenters. The number of likely N-dealkylation sites (tertiary alicyclic amines) is 1. The number of hydrogen-bond acceptors (Lipinski definition) is 5. The van der Waals surface area contributed by atoms with Crippen molar-refractivity contribution in [3.63, 3.8) is 0 Å². The minimum absolute atomic E-state index is 0.122. The molecule has 0 atom stereocenters. The number of carbonyl (C=O) groups is 1. The normalized spacial score (nSPS) is 23.4. The van der Waals surface area contributed by atoms with Crippen molar-refractivity contribution < 1.29 is 13.2 Å². The third-order valence-corrected chi connectivity index (χ3v) is 10.1. The quantitative estimate of drug-likeness (QED) is 0.708. The van der Waals surface area contributed by atoms with E-state index in [9.17, 15) is 13.2 Å². The van der Waals surface area contributed by atoms with Crippen LogP contribution in [0.5, 0.6) is 0 Å². The Morgan fingerprint density at radius 3 is 2.24 bits per heavy atom. The molecule has 1 aliphatic carbocycles. The van der Waals surface area contributed by atoms with Gasteiger partial charge in [0.25, 0.3) is 10.0 Å². The van der Waals surface area contributed by atoms with Crippen LogP contribution >= 0.6 is 11.3 Å². The fraction of sp³-hybridized carbons (Fsp3) is 0.762. The Morgan fingerprint density at radius 2 is 1.55 bits per heavy atom. The molecule has 2 saturated heterocycles. The van der Waals surface area contributed by atoms with Crippen LogP contribution in [0, 0.1) is 0 Å². The zero-order chi connectivity index (χ0) is 20.3. The lowest BCUT2D eigenvalue weighted by Crippen LogP contribution is -2.52. The highest BCUT2D eigenvalue weighted by atomic mass is 32.2. The molecule has 162 valence electrons. The van der Waals surface area contributed by atoms with Crippen molar-refractivity contribution in [1.29, 1.82) is 0 Å². The third kappa shape index (κ3) is 5.03. The summed E-state index contributed by atoms with van der Waals surface area (Å²) in [6.07, 6.45) is 10.1. The first-order chi connectivity index (χ1) is 14.0. The van der Waals surface area contributed by atoms with Crippen LogP contribution in [0.4, 0.5) is 0 Å². The SMILES string of the molecule is O=C(Cc1ccc(S(=O)(=O)N2CCN(C3CCCCC3)CC2)s1)N1CCCCC1. The number of nitrogens with zero attached hydrogens (tertiary/aromatic N) is 3. The summed E-state index contributed by atoms with van der Waals surface area (Å²) in [6, 6.07) is 4.15. The van der Waals surface area contributed by atoms with E-state index in [-0.39, 0.29) is 5.91 Å². The number of rotatable bonds is 5. The summed E-state index contributed by atoms with van der Waals surface area (Å²) in [4.78, 5) is 17.7. The summed E-state index contributed by atoms with van der Waals surface area (Å²) in [5.74, 6) is 0.122. The number of piperazine rings is 1. The van der Waals surface area contributed by atoms with E-state index in [1.54, 1.807) is 10.4 Å². The standard InChI is InChI=1S/C21H33N3O3S2/c25-20(23-11-5-2-6-12-23)17-19-9-10-21(28-19)29(26,27)24-15-13-22(14-16-24)18-7-3-1-4-8-18/h9-10,18H,1-8,11-17H2. The lowest BCUT2D eigenvalue weighted by molar-refractivity contribution is -0.131. The van der Waals surface area contributed by atoms with Crippen LogP contribution in [0.15, 0.2) is 16.3 Å². The van der Waals surface area contributed by atoms with Gasteiger partial charge in [-0.05, 0) is 44.2 Å². The molecule has 2 aliphatic heterocycles. The molecule has 0 aromatic carbocycles. The van der Waals surface area contributed by atoms with E-state index in [0.717, 1.165) is 43.9 Å². The van der Waals surface area contributed by atoms with Crippen LogP contribution in [-0.4, -0.2) is 73.7 Å². The second kappa shape index (κ2) is 9.45. The molecular weight excluding hydrogens is 406 g/mol. The summed E-state index contributed by atoms with van der Waals surface area (Å²) in [6.45, 7) is 4.46. The summed E-state index contributed by atoms with van der Waals surface area (Å²) in [5.41, 5.74) is 0. The molecule has 0 N–H and O–H groups in total. The molecule has 3 aliphatic rings. The first-order valence-corrected chi connectivity index (χ1v) is 13.4. The lowest BCUT2D eigenvalue weighted by atomic mass is 9.94. The molecule has 8 heteroatoms. The fourth-order valence-corrected chi connectivity index (χ4v) is 7.80. The Balaban J connectivity index is 1.34. The largest absolute Gasteiger partial charge is 0.342 e. The molecule has 3 heterocycles. The van der Waals surface area contributed by atoms with Crippen molar-refractivity contribution in [3.8, 4) is 0 Å². The first kappa shape index (κ1) is 21.3. The summed E-state index contributed by atoms with van der Waals surface area (Å²) in [5, 5.41) is 0. The molecule has 1 amide bonds. The number of hydrogen-bond donors (Lipinski definition) is 0. The maximum absolute atomic E-state index is 13.1.